The lowest BCUT2D eigenvalue weighted by molar-refractivity contribution is -0.118. The molecule has 2 aromatic carbocycles. The predicted octanol–water partition coefficient (Wildman–Crippen LogP) is 5.49. The van der Waals surface area contributed by atoms with Crippen LogP contribution < -0.4 is 14.8 Å². The van der Waals surface area contributed by atoms with Crippen molar-refractivity contribution >= 4 is 43.5 Å². The molecular formula is C19H19Br2NO3. The molecule has 0 aliphatic heterocycles. The molecule has 6 heteroatoms. The fourth-order valence-corrected chi connectivity index (χ4v) is 3.65. The maximum absolute atomic E-state index is 12.2. The van der Waals surface area contributed by atoms with Gasteiger partial charge in [-0.1, -0.05) is 34.6 Å². The Kier molecular flexibility index (Phi) is 7.08. The normalized spacial score (nSPS) is 10.2. The van der Waals surface area contributed by atoms with Crippen LogP contribution in [0.15, 0.2) is 57.5 Å². The van der Waals surface area contributed by atoms with Crippen LogP contribution in [0, 0.1) is 6.92 Å². The summed E-state index contributed by atoms with van der Waals surface area (Å²) >= 11 is 6.86. The number of para-hydroxylation sites is 2. The summed E-state index contributed by atoms with van der Waals surface area (Å²) in [5.74, 6) is 0.977. The highest BCUT2D eigenvalue weighted by Crippen LogP contribution is 2.32. The number of benzene rings is 2. The van der Waals surface area contributed by atoms with E-state index in [9.17, 15) is 4.79 Å². The molecule has 0 unspecified atom stereocenters. The molecule has 2 aromatic rings. The molecule has 0 fully saturated rings. The van der Waals surface area contributed by atoms with E-state index in [0.717, 1.165) is 20.1 Å². The number of ether oxygens (including phenoxy) is 2. The average molecular weight is 469 g/mol. The molecule has 0 aromatic heterocycles. The van der Waals surface area contributed by atoms with Crippen molar-refractivity contribution in [1.82, 2.24) is 0 Å². The minimum Gasteiger partial charge on any atom is -0.487 e. The molecule has 2 rings (SSSR count). The van der Waals surface area contributed by atoms with Crippen molar-refractivity contribution < 1.29 is 14.3 Å². The summed E-state index contributed by atoms with van der Waals surface area (Å²) < 4.78 is 13.0. The number of carbonyl (C=O) groups excluding carboxylic acids is 1. The van der Waals surface area contributed by atoms with Crippen LogP contribution in [0.1, 0.15) is 12.5 Å². The molecule has 1 amide bonds. The van der Waals surface area contributed by atoms with Gasteiger partial charge in [0.15, 0.2) is 6.61 Å². The molecule has 0 bridgehead atoms. The lowest BCUT2D eigenvalue weighted by Gasteiger charge is -2.14. The van der Waals surface area contributed by atoms with E-state index in [4.69, 9.17) is 9.47 Å². The quantitative estimate of drug-likeness (QED) is 0.546. The summed E-state index contributed by atoms with van der Waals surface area (Å²) in [5.41, 5.74) is 2.43. The second kappa shape index (κ2) is 9.06. The van der Waals surface area contributed by atoms with Gasteiger partial charge < -0.3 is 14.8 Å². The Labute approximate surface area is 164 Å². The van der Waals surface area contributed by atoms with Crippen LogP contribution in [0.4, 0.5) is 5.69 Å². The molecule has 0 atom stereocenters. The maximum atomic E-state index is 12.2. The van der Waals surface area contributed by atoms with Gasteiger partial charge in [0.1, 0.15) is 18.1 Å². The molecule has 25 heavy (non-hydrogen) atoms. The summed E-state index contributed by atoms with van der Waals surface area (Å²) in [6, 6.07) is 11.1. The molecule has 0 saturated heterocycles. The zero-order valence-corrected chi connectivity index (χ0v) is 17.2. The van der Waals surface area contributed by atoms with Crippen molar-refractivity contribution in [2.24, 2.45) is 0 Å². The Morgan fingerprint density at radius 2 is 1.88 bits per heavy atom. The summed E-state index contributed by atoms with van der Waals surface area (Å²) in [6.45, 7) is 7.90. The van der Waals surface area contributed by atoms with E-state index in [1.54, 1.807) is 12.1 Å². The van der Waals surface area contributed by atoms with Gasteiger partial charge in [0.05, 0.1) is 10.2 Å². The third-order valence-electron chi connectivity index (χ3n) is 3.18. The average Bonchev–Trinajstić information content (AvgIpc) is 2.53. The Bertz CT molecular complexity index is 767. The van der Waals surface area contributed by atoms with Crippen LogP contribution in [0.25, 0.3) is 0 Å². The first-order valence-corrected chi connectivity index (χ1v) is 9.20. The summed E-state index contributed by atoms with van der Waals surface area (Å²) in [6.07, 6.45) is 0. The Morgan fingerprint density at radius 3 is 2.56 bits per heavy atom. The molecule has 1 N–H and O–H groups in total. The lowest BCUT2D eigenvalue weighted by atomic mass is 10.2. The number of nitrogens with one attached hydrogen (secondary N) is 1. The number of halogens is 2. The fourth-order valence-electron chi connectivity index (χ4n) is 2.09. The number of hydrogen-bond acceptors (Lipinski definition) is 3. The number of carbonyl (C=O) groups is 1. The zero-order chi connectivity index (χ0) is 18.4. The van der Waals surface area contributed by atoms with Crippen LogP contribution >= 0.6 is 31.9 Å². The Hall–Kier alpha value is -1.79. The van der Waals surface area contributed by atoms with Crippen molar-refractivity contribution in [3.05, 3.63) is 63.1 Å². The van der Waals surface area contributed by atoms with Crippen molar-refractivity contribution in [3.8, 4) is 11.5 Å². The maximum Gasteiger partial charge on any atom is 0.262 e. The summed E-state index contributed by atoms with van der Waals surface area (Å²) in [5, 5.41) is 2.81. The third-order valence-corrected chi connectivity index (χ3v) is 4.22. The van der Waals surface area contributed by atoms with Gasteiger partial charge in [0.25, 0.3) is 5.91 Å². The van der Waals surface area contributed by atoms with Crippen LogP contribution in [0.2, 0.25) is 0 Å². The second-order valence-electron chi connectivity index (χ2n) is 5.61. The monoisotopic (exact) mass is 467 g/mol. The Morgan fingerprint density at radius 1 is 1.16 bits per heavy atom. The first-order valence-electron chi connectivity index (χ1n) is 7.61. The first kappa shape index (κ1) is 19.5. The van der Waals surface area contributed by atoms with Crippen molar-refractivity contribution in [1.29, 1.82) is 0 Å². The van der Waals surface area contributed by atoms with E-state index in [0.29, 0.717) is 23.8 Å². The van der Waals surface area contributed by atoms with Gasteiger partial charge in [0, 0.05) is 4.47 Å². The molecule has 0 aliphatic rings. The van der Waals surface area contributed by atoms with E-state index >= 15 is 0 Å². The number of rotatable bonds is 7. The Balaban J connectivity index is 2.00. The standard InChI is InChI=1S/C19H19Br2NO3/c1-12(2)10-24-17-7-5-4-6-16(17)22-18(23)11-25-19-13(3)8-14(20)9-15(19)21/h4-9H,1,10-11H2,2-3H3,(H,22,23). The summed E-state index contributed by atoms with van der Waals surface area (Å²) in [7, 11) is 0. The van der Waals surface area contributed by atoms with Gasteiger partial charge in [-0.25, -0.2) is 0 Å². The molecule has 0 saturated carbocycles. The topological polar surface area (TPSA) is 47.6 Å². The third kappa shape index (κ3) is 5.90. The number of hydrogen-bond donors (Lipinski definition) is 1. The molecule has 0 radical (unpaired) electrons. The molecule has 0 spiro atoms. The SMILES string of the molecule is C=C(C)COc1ccccc1NC(=O)COc1c(C)cc(Br)cc1Br. The highest BCUT2D eigenvalue weighted by atomic mass is 79.9. The van der Waals surface area contributed by atoms with E-state index in [1.807, 2.05) is 38.1 Å². The predicted molar refractivity (Wildman–Crippen MR) is 107 cm³/mol. The van der Waals surface area contributed by atoms with Crippen LogP contribution in [-0.2, 0) is 4.79 Å². The first-order chi connectivity index (χ1) is 11.9. The minimum atomic E-state index is -0.263. The van der Waals surface area contributed by atoms with Gasteiger partial charge in [-0.05, 0) is 65.2 Å². The smallest absolute Gasteiger partial charge is 0.262 e. The van der Waals surface area contributed by atoms with E-state index in [1.165, 1.54) is 0 Å². The molecule has 0 heterocycles. The number of amides is 1. The summed E-state index contributed by atoms with van der Waals surface area (Å²) in [4.78, 5) is 12.2. The van der Waals surface area contributed by atoms with Gasteiger partial charge >= 0.3 is 0 Å². The van der Waals surface area contributed by atoms with Crippen molar-refractivity contribution in [2.75, 3.05) is 18.5 Å². The largest absolute Gasteiger partial charge is 0.487 e. The fraction of sp³-hybridized carbons (Fsp3) is 0.211. The molecule has 4 nitrogen and oxygen atoms in total. The van der Waals surface area contributed by atoms with E-state index in [2.05, 4.69) is 43.8 Å². The van der Waals surface area contributed by atoms with Gasteiger partial charge in [-0.15, -0.1) is 0 Å². The number of aryl methyl sites for hydroxylation is 1. The molecule has 132 valence electrons. The molecular weight excluding hydrogens is 450 g/mol. The second-order valence-corrected chi connectivity index (χ2v) is 7.38. The van der Waals surface area contributed by atoms with Gasteiger partial charge in [-0.2, -0.15) is 0 Å². The van der Waals surface area contributed by atoms with Crippen LogP contribution in [0.5, 0.6) is 11.5 Å². The van der Waals surface area contributed by atoms with Crippen molar-refractivity contribution in [2.45, 2.75) is 13.8 Å². The van der Waals surface area contributed by atoms with Crippen LogP contribution in [-0.4, -0.2) is 19.1 Å². The van der Waals surface area contributed by atoms with Gasteiger partial charge in [-0.3, -0.25) is 4.79 Å². The van der Waals surface area contributed by atoms with Crippen LogP contribution in [0.3, 0.4) is 0 Å². The minimum absolute atomic E-state index is 0.101. The highest BCUT2D eigenvalue weighted by molar-refractivity contribution is 9.11. The van der Waals surface area contributed by atoms with Crippen molar-refractivity contribution in [3.63, 3.8) is 0 Å². The van der Waals surface area contributed by atoms with E-state index < -0.39 is 0 Å². The highest BCUT2D eigenvalue weighted by Gasteiger charge is 2.12. The van der Waals surface area contributed by atoms with E-state index in [-0.39, 0.29) is 12.5 Å². The molecule has 0 aliphatic carbocycles. The van der Waals surface area contributed by atoms with Gasteiger partial charge in [0.2, 0.25) is 0 Å². The lowest BCUT2D eigenvalue weighted by Crippen LogP contribution is -2.21. The zero-order valence-electron chi connectivity index (χ0n) is 14.1. The number of anilines is 1.